The van der Waals surface area contributed by atoms with Crippen molar-refractivity contribution < 1.29 is 23.9 Å². The zero-order valence-corrected chi connectivity index (χ0v) is 35.3. The standard InChI is InChI=1S/C47H49ClN8O5/c1-46(2,33-20-30(24-49)21-34(48)22-33)32-4-7-37(8-5-32)61-28-35-12-16-50-45(51-35)54-18-14-47(15-19-54)13-3-17-53(29-47)25-31-26-55(27-31)36-6-9-38-39(23-36)44(60)56(43(38)59)40-10-11-41(57)52-42(40)58/h4-9,12,16,20-23,31,40H,3,10-11,13-15,17-19,25-29H2,1-2H3,(H,52,57,58). The molecule has 4 aromatic rings. The van der Waals surface area contributed by atoms with Crippen LogP contribution in [0.4, 0.5) is 11.6 Å². The highest BCUT2D eigenvalue weighted by Gasteiger charge is 2.45. The van der Waals surface area contributed by atoms with Crippen LogP contribution in [-0.2, 0) is 21.6 Å². The maximum atomic E-state index is 13.4. The summed E-state index contributed by atoms with van der Waals surface area (Å²) < 4.78 is 6.17. The van der Waals surface area contributed by atoms with Crippen molar-refractivity contribution in [1.29, 1.82) is 5.26 Å². The van der Waals surface area contributed by atoms with E-state index in [9.17, 15) is 24.4 Å². The number of piperidine rings is 3. The Kier molecular flexibility index (Phi) is 10.8. The first kappa shape index (κ1) is 40.6. The van der Waals surface area contributed by atoms with Crippen LogP contribution in [0, 0.1) is 22.7 Å². The van der Waals surface area contributed by atoms with Gasteiger partial charge in [-0.05, 0) is 110 Å². The average Bonchev–Trinajstić information content (AvgIpc) is 3.49. The molecule has 13 nitrogen and oxygen atoms in total. The van der Waals surface area contributed by atoms with Gasteiger partial charge in [-0.3, -0.25) is 29.4 Å². The number of nitrogens with one attached hydrogen (secondary N) is 1. The number of anilines is 2. The van der Waals surface area contributed by atoms with Crippen molar-refractivity contribution in [2.24, 2.45) is 11.3 Å². The van der Waals surface area contributed by atoms with Crippen molar-refractivity contribution in [2.45, 2.75) is 70.4 Å². The fourth-order valence-corrected chi connectivity index (χ4v) is 10.1. The van der Waals surface area contributed by atoms with Gasteiger partial charge in [0, 0.05) is 73.9 Å². The first-order valence-corrected chi connectivity index (χ1v) is 21.6. The molecule has 314 valence electrons. The van der Waals surface area contributed by atoms with Crippen LogP contribution in [0.3, 0.4) is 0 Å². The quantitative estimate of drug-likeness (QED) is 0.184. The number of likely N-dealkylation sites (tertiary alicyclic amines) is 1. The monoisotopic (exact) mass is 840 g/mol. The van der Waals surface area contributed by atoms with Gasteiger partial charge in [-0.1, -0.05) is 37.6 Å². The van der Waals surface area contributed by atoms with Crippen LogP contribution in [0.15, 0.2) is 72.9 Å². The lowest BCUT2D eigenvalue weighted by atomic mass is 9.72. The Morgan fingerprint density at radius 2 is 1.67 bits per heavy atom. The van der Waals surface area contributed by atoms with Gasteiger partial charge in [-0.15, -0.1) is 0 Å². The second kappa shape index (κ2) is 16.2. The summed E-state index contributed by atoms with van der Waals surface area (Å²) in [6.07, 6.45) is 6.67. The molecule has 1 unspecified atom stereocenters. The van der Waals surface area contributed by atoms with E-state index in [0.29, 0.717) is 34.2 Å². The van der Waals surface area contributed by atoms with Crippen molar-refractivity contribution in [1.82, 2.24) is 25.1 Å². The molecule has 9 rings (SSSR count). The van der Waals surface area contributed by atoms with Gasteiger partial charge >= 0.3 is 0 Å². The molecule has 6 heterocycles. The summed E-state index contributed by atoms with van der Waals surface area (Å²) in [5.41, 5.74) is 4.89. The summed E-state index contributed by atoms with van der Waals surface area (Å²) in [5.74, 6) is 0.0628. The number of ether oxygens (including phenoxy) is 1. The van der Waals surface area contributed by atoms with Gasteiger partial charge in [0.2, 0.25) is 17.8 Å². The van der Waals surface area contributed by atoms with E-state index in [4.69, 9.17) is 21.3 Å². The predicted molar refractivity (Wildman–Crippen MR) is 229 cm³/mol. The Labute approximate surface area is 360 Å². The third-order valence-corrected chi connectivity index (χ3v) is 13.7. The Balaban J connectivity index is 0.746. The van der Waals surface area contributed by atoms with Gasteiger partial charge < -0.3 is 19.4 Å². The van der Waals surface area contributed by atoms with Crippen molar-refractivity contribution in [2.75, 3.05) is 55.6 Å². The number of amides is 4. The van der Waals surface area contributed by atoms with Crippen LogP contribution >= 0.6 is 11.6 Å². The van der Waals surface area contributed by atoms with Crippen LogP contribution in [-0.4, -0.2) is 95.3 Å². The Bertz CT molecular complexity index is 2440. The Morgan fingerprint density at radius 1 is 0.902 bits per heavy atom. The smallest absolute Gasteiger partial charge is 0.262 e. The van der Waals surface area contributed by atoms with Crippen LogP contribution < -0.4 is 19.9 Å². The summed E-state index contributed by atoms with van der Waals surface area (Å²) >= 11 is 6.31. The fraction of sp³-hybridized carbons (Fsp3) is 0.426. The van der Waals surface area contributed by atoms with E-state index >= 15 is 0 Å². The molecule has 14 heteroatoms. The number of nitrogens with zero attached hydrogens (tertiary/aromatic N) is 7. The summed E-state index contributed by atoms with van der Waals surface area (Å²) in [4.78, 5) is 68.4. The van der Waals surface area contributed by atoms with Crippen molar-refractivity contribution in [3.8, 4) is 11.8 Å². The summed E-state index contributed by atoms with van der Waals surface area (Å²) in [6.45, 7) is 11.4. The van der Waals surface area contributed by atoms with Gasteiger partial charge in [0.15, 0.2) is 0 Å². The molecule has 4 fully saturated rings. The number of carbonyl (C=O) groups excluding carboxylic acids is 4. The minimum atomic E-state index is -0.966. The number of rotatable bonds is 10. The number of imide groups is 2. The number of aromatic nitrogens is 2. The molecule has 1 N–H and O–H groups in total. The maximum absolute atomic E-state index is 13.4. The SMILES string of the molecule is CC(C)(c1ccc(OCc2ccnc(N3CCC4(CCCN(CC5CN(c6ccc7c(c6)C(=O)N(C6CCC(=O)NC6=O)C7=O)C5)C4)CC3)n2)cc1)c1cc(Cl)cc(C#N)c1. The van der Waals surface area contributed by atoms with Crippen molar-refractivity contribution >= 4 is 46.9 Å². The topological polar surface area (TPSA) is 152 Å². The number of carbonyl (C=O) groups is 4. The molecule has 4 saturated heterocycles. The zero-order chi connectivity index (χ0) is 42.5. The third kappa shape index (κ3) is 8.07. The van der Waals surface area contributed by atoms with Gasteiger partial charge in [0.1, 0.15) is 18.4 Å². The molecule has 1 spiro atoms. The molecule has 3 aromatic carbocycles. The zero-order valence-electron chi connectivity index (χ0n) is 34.5. The number of nitriles is 1. The summed E-state index contributed by atoms with van der Waals surface area (Å²) in [6, 6.07) is 22.0. The highest BCUT2D eigenvalue weighted by atomic mass is 35.5. The van der Waals surface area contributed by atoms with Crippen molar-refractivity contribution in [3.63, 3.8) is 0 Å². The largest absolute Gasteiger partial charge is 0.487 e. The predicted octanol–water partition coefficient (Wildman–Crippen LogP) is 6.13. The molecular formula is C47H49ClN8O5. The molecule has 5 aliphatic rings. The molecule has 61 heavy (non-hydrogen) atoms. The van der Waals surface area contributed by atoms with E-state index in [1.54, 1.807) is 18.2 Å². The summed E-state index contributed by atoms with van der Waals surface area (Å²) in [5, 5.41) is 12.2. The van der Waals surface area contributed by atoms with Crippen LogP contribution in [0.1, 0.15) is 95.5 Å². The van der Waals surface area contributed by atoms with E-state index in [-0.39, 0.29) is 29.6 Å². The number of fused-ring (bicyclic) bond motifs is 1. The molecule has 1 atom stereocenters. The second-order valence-electron chi connectivity index (χ2n) is 17.9. The normalized spacial score (nSPS) is 20.7. The van der Waals surface area contributed by atoms with Gasteiger partial charge in [0.25, 0.3) is 11.8 Å². The lowest BCUT2D eigenvalue weighted by Gasteiger charge is -2.50. The molecular weight excluding hydrogens is 792 g/mol. The first-order valence-electron chi connectivity index (χ1n) is 21.2. The van der Waals surface area contributed by atoms with Crippen LogP contribution in [0.5, 0.6) is 5.75 Å². The van der Waals surface area contributed by atoms with E-state index in [2.05, 4.69) is 57.0 Å². The molecule has 1 aromatic heterocycles. The van der Waals surface area contributed by atoms with E-state index < -0.39 is 23.8 Å². The van der Waals surface area contributed by atoms with E-state index in [1.165, 1.54) is 12.8 Å². The van der Waals surface area contributed by atoms with Crippen LogP contribution in [0.25, 0.3) is 0 Å². The highest BCUT2D eigenvalue weighted by Crippen LogP contribution is 2.42. The number of halogens is 1. The lowest BCUT2D eigenvalue weighted by molar-refractivity contribution is -0.136. The molecule has 0 aliphatic carbocycles. The molecule has 5 aliphatic heterocycles. The minimum Gasteiger partial charge on any atom is -0.487 e. The Morgan fingerprint density at radius 3 is 2.43 bits per heavy atom. The number of hydrogen-bond donors (Lipinski definition) is 1. The number of benzene rings is 3. The average molecular weight is 841 g/mol. The van der Waals surface area contributed by atoms with Gasteiger partial charge in [-0.2, -0.15) is 5.26 Å². The van der Waals surface area contributed by atoms with Gasteiger partial charge in [0.05, 0.1) is 28.5 Å². The molecule has 0 saturated carbocycles. The summed E-state index contributed by atoms with van der Waals surface area (Å²) in [7, 11) is 0. The highest BCUT2D eigenvalue weighted by molar-refractivity contribution is 6.30. The lowest BCUT2D eigenvalue weighted by Crippen LogP contribution is -2.55. The second-order valence-corrected chi connectivity index (χ2v) is 18.3. The first-order chi connectivity index (χ1) is 29.4. The molecule has 4 amide bonds. The molecule has 0 radical (unpaired) electrons. The fourth-order valence-electron chi connectivity index (χ4n) is 9.90. The van der Waals surface area contributed by atoms with Crippen LogP contribution in [0.2, 0.25) is 5.02 Å². The van der Waals surface area contributed by atoms with E-state index in [1.807, 2.05) is 42.6 Å². The molecule has 0 bridgehead atoms. The minimum absolute atomic E-state index is 0.0972. The third-order valence-electron chi connectivity index (χ3n) is 13.5. The van der Waals surface area contributed by atoms with Gasteiger partial charge in [-0.25, -0.2) is 9.97 Å². The maximum Gasteiger partial charge on any atom is 0.262 e. The Hall–Kier alpha value is -5.84. The van der Waals surface area contributed by atoms with Crippen molar-refractivity contribution in [3.05, 3.63) is 111 Å². The number of hydrogen-bond acceptors (Lipinski definition) is 11. The van der Waals surface area contributed by atoms with E-state index in [0.717, 1.165) is 97.8 Å².